The first-order chi connectivity index (χ1) is 9.72. The molecule has 0 aliphatic heterocycles. The molecule has 1 amide bonds. The van der Waals surface area contributed by atoms with E-state index in [4.69, 9.17) is 4.74 Å². The van der Waals surface area contributed by atoms with Crippen molar-refractivity contribution in [2.75, 3.05) is 13.2 Å². The number of hydrogen-bond acceptors (Lipinski definition) is 3. The predicted octanol–water partition coefficient (Wildman–Crippen LogP) is 3.08. The van der Waals surface area contributed by atoms with Crippen LogP contribution in [0.3, 0.4) is 0 Å². The fraction of sp³-hybridized carbons (Fsp3) is 0.417. The summed E-state index contributed by atoms with van der Waals surface area (Å²) in [4.78, 5) is 11.1. The van der Waals surface area contributed by atoms with Crippen LogP contribution in [0, 0.1) is 0 Å². The number of nitrogens with one attached hydrogen (secondary N) is 1. The summed E-state index contributed by atoms with van der Waals surface area (Å²) in [6.45, 7) is -1.60. The Morgan fingerprint density at radius 2 is 1.71 bits per heavy atom. The minimum absolute atomic E-state index is 0.0494. The number of alkyl halides is 5. The van der Waals surface area contributed by atoms with Crippen molar-refractivity contribution in [2.45, 2.75) is 18.9 Å². The lowest BCUT2D eigenvalue weighted by atomic mass is 10.2. The molecule has 0 radical (unpaired) electrons. The van der Waals surface area contributed by atoms with Crippen molar-refractivity contribution in [1.82, 2.24) is 5.32 Å². The lowest BCUT2D eigenvalue weighted by Crippen LogP contribution is -2.41. The number of ether oxygens (including phenoxy) is 2. The molecule has 0 saturated carbocycles. The van der Waals surface area contributed by atoms with E-state index >= 15 is 0 Å². The summed E-state index contributed by atoms with van der Waals surface area (Å²) in [6.07, 6.45) is -12.0. The zero-order valence-electron chi connectivity index (χ0n) is 10.6. The van der Waals surface area contributed by atoms with Gasteiger partial charge >= 0.3 is 18.4 Å². The van der Waals surface area contributed by atoms with Crippen LogP contribution in [-0.2, 0) is 16.1 Å². The fourth-order valence-corrected chi connectivity index (χ4v) is 1.19. The molecule has 0 bridgehead atoms. The molecule has 0 unspecified atom stereocenters. The first-order valence-corrected chi connectivity index (χ1v) is 5.75. The van der Waals surface area contributed by atoms with Crippen LogP contribution in [0.1, 0.15) is 5.56 Å². The summed E-state index contributed by atoms with van der Waals surface area (Å²) in [5, 5.41) is 1.99. The van der Waals surface area contributed by atoms with E-state index in [1.54, 1.807) is 30.3 Å². The molecular formula is C12H12F5NO3. The van der Waals surface area contributed by atoms with Crippen LogP contribution in [0.5, 0.6) is 0 Å². The highest BCUT2D eigenvalue weighted by molar-refractivity contribution is 5.67. The molecule has 9 heteroatoms. The van der Waals surface area contributed by atoms with Crippen LogP contribution < -0.4 is 5.32 Å². The Bertz CT molecular complexity index is 450. The number of halogens is 5. The molecule has 0 spiro atoms. The normalized spacial score (nSPS) is 12.0. The summed E-state index contributed by atoms with van der Waals surface area (Å²) in [5.41, 5.74) is 0.701. The van der Waals surface area contributed by atoms with E-state index < -0.39 is 31.5 Å². The molecule has 0 aliphatic carbocycles. The predicted molar refractivity (Wildman–Crippen MR) is 61.6 cm³/mol. The van der Waals surface area contributed by atoms with Gasteiger partial charge in [-0.15, -0.1) is 0 Å². The van der Waals surface area contributed by atoms with Crippen LogP contribution in [0.2, 0.25) is 0 Å². The molecule has 1 N–H and O–H groups in total. The van der Waals surface area contributed by atoms with Gasteiger partial charge in [0.05, 0.1) is 6.61 Å². The SMILES string of the molecule is O=C(NCCOC(F)(F)C(F)(F)F)OCc1ccccc1. The van der Waals surface area contributed by atoms with Gasteiger partial charge in [0.2, 0.25) is 0 Å². The van der Waals surface area contributed by atoms with Gasteiger partial charge in [0, 0.05) is 6.54 Å². The topological polar surface area (TPSA) is 47.6 Å². The van der Waals surface area contributed by atoms with Gasteiger partial charge in [-0.05, 0) is 5.56 Å². The molecule has 1 rings (SSSR count). The fourth-order valence-electron chi connectivity index (χ4n) is 1.19. The van der Waals surface area contributed by atoms with Crippen molar-refractivity contribution in [3.63, 3.8) is 0 Å². The Morgan fingerprint density at radius 1 is 1.10 bits per heavy atom. The van der Waals surface area contributed by atoms with Crippen LogP contribution in [0.4, 0.5) is 26.7 Å². The standard InChI is InChI=1S/C12H12F5NO3/c13-11(14,15)12(16,17)21-7-6-18-10(19)20-8-9-4-2-1-3-5-9/h1-5H,6-8H2,(H,18,19). The average molecular weight is 313 g/mol. The summed E-state index contributed by atoms with van der Waals surface area (Å²) >= 11 is 0. The third-order valence-corrected chi connectivity index (χ3v) is 2.20. The highest BCUT2D eigenvalue weighted by Crippen LogP contribution is 2.35. The molecule has 0 fully saturated rings. The summed E-state index contributed by atoms with van der Waals surface area (Å²) in [6, 6.07) is 8.61. The first-order valence-electron chi connectivity index (χ1n) is 5.75. The molecule has 21 heavy (non-hydrogen) atoms. The second-order valence-electron chi connectivity index (χ2n) is 3.85. The minimum Gasteiger partial charge on any atom is -0.445 e. The Balaban J connectivity index is 2.20. The van der Waals surface area contributed by atoms with E-state index in [9.17, 15) is 26.7 Å². The van der Waals surface area contributed by atoms with Crippen molar-refractivity contribution in [1.29, 1.82) is 0 Å². The highest BCUT2D eigenvalue weighted by Gasteiger charge is 2.59. The van der Waals surface area contributed by atoms with Crippen LogP contribution >= 0.6 is 0 Å². The van der Waals surface area contributed by atoms with Crippen molar-refractivity contribution in [2.24, 2.45) is 0 Å². The quantitative estimate of drug-likeness (QED) is 0.648. The Hall–Kier alpha value is -1.90. The zero-order chi connectivity index (χ0) is 15.9. The maximum Gasteiger partial charge on any atom is 0.482 e. The molecule has 0 aromatic heterocycles. The molecule has 118 valence electrons. The van der Waals surface area contributed by atoms with E-state index in [0.29, 0.717) is 5.56 Å². The molecule has 0 atom stereocenters. The monoisotopic (exact) mass is 313 g/mol. The minimum atomic E-state index is -5.79. The lowest BCUT2D eigenvalue weighted by Gasteiger charge is -2.19. The van der Waals surface area contributed by atoms with E-state index in [1.165, 1.54) is 0 Å². The molecule has 4 nitrogen and oxygen atoms in total. The molecule has 1 aromatic rings. The van der Waals surface area contributed by atoms with Crippen LogP contribution in [0.25, 0.3) is 0 Å². The second-order valence-corrected chi connectivity index (χ2v) is 3.85. The van der Waals surface area contributed by atoms with Gasteiger partial charge in [-0.2, -0.15) is 22.0 Å². The average Bonchev–Trinajstić information content (AvgIpc) is 2.41. The molecule has 0 aliphatic rings. The molecule has 0 heterocycles. The maximum atomic E-state index is 12.3. The first kappa shape index (κ1) is 17.2. The van der Waals surface area contributed by atoms with Gasteiger partial charge in [0.1, 0.15) is 6.61 Å². The smallest absolute Gasteiger partial charge is 0.445 e. The van der Waals surface area contributed by atoms with Crippen molar-refractivity contribution in [3.05, 3.63) is 35.9 Å². The Morgan fingerprint density at radius 3 is 2.29 bits per heavy atom. The number of alkyl carbamates (subject to hydrolysis) is 1. The number of amides is 1. The van der Waals surface area contributed by atoms with Gasteiger partial charge in [0.15, 0.2) is 0 Å². The number of carbonyl (C=O) groups is 1. The summed E-state index contributed by atoms with van der Waals surface area (Å²) in [5.74, 6) is 0. The van der Waals surface area contributed by atoms with Gasteiger partial charge < -0.3 is 14.8 Å². The van der Waals surface area contributed by atoms with E-state index in [2.05, 4.69) is 4.74 Å². The van der Waals surface area contributed by atoms with E-state index in [-0.39, 0.29) is 6.61 Å². The molecule has 0 saturated heterocycles. The molecule has 1 aromatic carbocycles. The van der Waals surface area contributed by atoms with Crippen molar-refractivity contribution in [3.8, 4) is 0 Å². The third-order valence-electron chi connectivity index (χ3n) is 2.20. The zero-order valence-corrected chi connectivity index (χ0v) is 10.6. The Kier molecular flexibility index (Phi) is 5.89. The molecular weight excluding hydrogens is 301 g/mol. The maximum absolute atomic E-state index is 12.3. The van der Waals surface area contributed by atoms with Gasteiger partial charge in [0.25, 0.3) is 0 Å². The van der Waals surface area contributed by atoms with Crippen molar-refractivity contribution < 1.29 is 36.2 Å². The van der Waals surface area contributed by atoms with Gasteiger partial charge in [-0.3, -0.25) is 0 Å². The largest absolute Gasteiger partial charge is 0.482 e. The number of carbonyl (C=O) groups excluding carboxylic acids is 1. The number of hydrogen-bond donors (Lipinski definition) is 1. The van der Waals surface area contributed by atoms with Gasteiger partial charge in [-0.25, -0.2) is 4.79 Å². The number of benzene rings is 1. The highest BCUT2D eigenvalue weighted by atomic mass is 19.4. The third kappa shape index (κ3) is 5.94. The van der Waals surface area contributed by atoms with Crippen molar-refractivity contribution >= 4 is 6.09 Å². The van der Waals surface area contributed by atoms with Crippen LogP contribution in [-0.4, -0.2) is 31.5 Å². The Labute approximate surface area is 116 Å². The van der Waals surface area contributed by atoms with Crippen LogP contribution in [0.15, 0.2) is 30.3 Å². The van der Waals surface area contributed by atoms with E-state index in [1.807, 2.05) is 5.32 Å². The number of rotatable bonds is 6. The summed E-state index contributed by atoms with van der Waals surface area (Å²) in [7, 11) is 0. The second kappa shape index (κ2) is 7.21. The lowest BCUT2D eigenvalue weighted by molar-refractivity contribution is -0.390. The summed E-state index contributed by atoms with van der Waals surface area (Å²) < 4.78 is 68.0. The van der Waals surface area contributed by atoms with Gasteiger partial charge in [-0.1, -0.05) is 30.3 Å². The van der Waals surface area contributed by atoms with E-state index in [0.717, 1.165) is 0 Å².